The Morgan fingerprint density at radius 3 is 2.57 bits per heavy atom. The molecule has 2 aromatic carbocycles. The Labute approximate surface area is 164 Å². The summed E-state index contributed by atoms with van der Waals surface area (Å²) in [6.45, 7) is 6.54. The predicted octanol–water partition coefficient (Wildman–Crippen LogP) is 3.60. The summed E-state index contributed by atoms with van der Waals surface area (Å²) in [5, 5.41) is 10.7. The van der Waals surface area contributed by atoms with E-state index in [1.54, 1.807) is 23.1 Å². The van der Waals surface area contributed by atoms with E-state index in [-0.39, 0.29) is 28.6 Å². The number of anilines is 1. The van der Waals surface area contributed by atoms with Gasteiger partial charge in [0, 0.05) is 43.9 Å². The van der Waals surface area contributed by atoms with E-state index in [2.05, 4.69) is 4.90 Å². The maximum absolute atomic E-state index is 13.2. The summed E-state index contributed by atoms with van der Waals surface area (Å²) in [6.07, 6.45) is 1.51. The van der Waals surface area contributed by atoms with Crippen molar-refractivity contribution in [3.05, 3.63) is 53.3 Å². The molecular weight excluding hydrogens is 359 g/mol. The van der Waals surface area contributed by atoms with E-state index in [4.69, 9.17) is 4.74 Å². The summed E-state index contributed by atoms with van der Waals surface area (Å²) in [7, 11) is 0. The van der Waals surface area contributed by atoms with Gasteiger partial charge in [0.2, 0.25) is 0 Å². The molecule has 0 aromatic heterocycles. The molecule has 2 aliphatic heterocycles. The van der Waals surface area contributed by atoms with Crippen LogP contribution in [0.15, 0.2) is 36.4 Å². The van der Waals surface area contributed by atoms with Gasteiger partial charge in [0.1, 0.15) is 11.4 Å². The fraction of sp³-hybridized carbons (Fsp3) is 0.409. The largest absolute Gasteiger partial charge is 0.504 e. The number of ether oxygens (including phenoxy) is 1. The quantitative estimate of drug-likeness (QED) is 0.860. The van der Waals surface area contributed by atoms with Gasteiger partial charge in [-0.2, -0.15) is 0 Å². The van der Waals surface area contributed by atoms with Crippen LogP contribution in [-0.4, -0.2) is 47.7 Å². The Morgan fingerprint density at radius 1 is 1.07 bits per heavy atom. The van der Waals surface area contributed by atoms with E-state index in [0.717, 1.165) is 24.2 Å². The maximum atomic E-state index is 13.2. The average molecular weight is 384 g/mol. The van der Waals surface area contributed by atoms with Crippen LogP contribution in [-0.2, 0) is 6.42 Å². The summed E-state index contributed by atoms with van der Waals surface area (Å²) in [6, 6.07) is 10.0. The number of benzene rings is 2. The van der Waals surface area contributed by atoms with Crippen molar-refractivity contribution in [3.8, 4) is 11.5 Å². The van der Waals surface area contributed by atoms with Crippen molar-refractivity contribution in [3.63, 3.8) is 0 Å². The molecule has 1 saturated heterocycles. The number of amides is 1. The van der Waals surface area contributed by atoms with Gasteiger partial charge < -0.3 is 19.6 Å². The lowest BCUT2D eigenvalue weighted by atomic mass is 10.00. The Bertz CT molecular complexity index is 895. The molecule has 1 amide bonds. The number of halogens is 1. The zero-order valence-electron chi connectivity index (χ0n) is 16.2. The second-order valence-electron chi connectivity index (χ2n) is 8.10. The van der Waals surface area contributed by atoms with Crippen LogP contribution < -0.4 is 9.64 Å². The Balaban J connectivity index is 1.50. The summed E-state index contributed by atoms with van der Waals surface area (Å²) < 4.78 is 19.0. The average Bonchev–Trinajstić information content (AvgIpc) is 2.82. The number of phenolic OH excluding ortho intramolecular Hbond substituents is 1. The maximum Gasteiger partial charge on any atom is 0.257 e. The van der Waals surface area contributed by atoms with Gasteiger partial charge >= 0.3 is 0 Å². The highest BCUT2D eigenvalue weighted by atomic mass is 19.1. The van der Waals surface area contributed by atoms with Crippen molar-refractivity contribution >= 4 is 11.6 Å². The van der Waals surface area contributed by atoms with E-state index in [1.165, 1.54) is 12.1 Å². The molecular formula is C22H25FN2O3. The van der Waals surface area contributed by atoms with Gasteiger partial charge in [-0.1, -0.05) is 6.07 Å². The highest BCUT2D eigenvalue weighted by Crippen LogP contribution is 2.43. The molecule has 0 bridgehead atoms. The lowest BCUT2D eigenvalue weighted by Crippen LogP contribution is -2.35. The minimum atomic E-state index is -0.375. The third kappa shape index (κ3) is 3.51. The molecule has 1 N–H and O–H groups in total. The molecule has 2 aromatic rings. The lowest BCUT2D eigenvalue weighted by Gasteiger charge is -2.24. The number of hydrogen-bond acceptors (Lipinski definition) is 4. The molecule has 0 aliphatic carbocycles. The third-order valence-corrected chi connectivity index (χ3v) is 5.41. The van der Waals surface area contributed by atoms with Crippen molar-refractivity contribution in [2.75, 3.05) is 31.1 Å². The first kappa shape index (κ1) is 18.6. The predicted molar refractivity (Wildman–Crippen MR) is 106 cm³/mol. The number of phenols is 1. The van der Waals surface area contributed by atoms with Crippen molar-refractivity contribution in [2.24, 2.45) is 0 Å². The summed E-state index contributed by atoms with van der Waals surface area (Å²) in [4.78, 5) is 17.0. The second-order valence-corrected chi connectivity index (χ2v) is 8.10. The topological polar surface area (TPSA) is 53.0 Å². The van der Waals surface area contributed by atoms with Gasteiger partial charge in [-0.05, 0) is 50.6 Å². The Hall–Kier alpha value is -2.76. The van der Waals surface area contributed by atoms with Crippen LogP contribution in [0, 0.1) is 5.82 Å². The normalized spacial score (nSPS) is 18.4. The van der Waals surface area contributed by atoms with Crippen LogP contribution in [0.2, 0.25) is 0 Å². The second kappa shape index (κ2) is 7.00. The first-order valence-electron chi connectivity index (χ1n) is 9.68. The van der Waals surface area contributed by atoms with E-state index in [0.29, 0.717) is 31.8 Å². The van der Waals surface area contributed by atoms with E-state index in [9.17, 15) is 14.3 Å². The number of fused-ring (bicyclic) bond motifs is 1. The fourth-order valence-electron chi connectivity index (χ4n) is 4.01. The van der Waals surface area contributed by atoms with E-state index in [1.807, 2.05) is 19.9 Å². The van der Waals surface area contributed by atoms with Crippen molar-refractivity contribution < 1.29 is 19.0 Å². The monoisotopic (exact) mass is 384 g/mol. The SMILES string of the molecule is CC1(C)Cc2ccc(C(=O)N3CCCN(c4ccc(F)cc4)CC3)c(O)c2O1. The van der Waals surface area contributed by atoms with Crippen LogP contribution in [0.5, 0.6) is 11.5 Å². The fourth-order valence-corrected chi connectivity index (χ4v) is 4.01. The van der Waals surface area contributed by atoms with Crippen LogP contribution in [0.25, 0.3) is 0 Å². The summed E-state index contributed by atoms with van der Waals surface area (Å²) >= 11 is 0. The van der Waals surface area contributed by atoms with Crippen LogP contribution in [0.4, 0.5) is 10.1 Å². The standard InChI is InChI=1S/C22H25FN2O3/c1-22(2)14-15-4-9-18(19(26)20(15)28-22)21(27)25-11-3-10-24(12-13-25)17-7-5-16(23)6-8-17/h4-9,26H,3,10-14H2,1-2H3. The zero-order valence-corrected chi connectivity index (χ0v) is 16.2. The number of rotatable bonds is 2. The molecule has 2 aliphatic rings. The van der Waals surface area contributed by atoms with Gasteiger partial charge in [-0.15, -0.1) is 0 Å². The Morgan fingerprint density at radius 2 is 1.82 bits per heavy atom. The third-order valence-electron chi connectivity index (χ3n) is 5.41. The van der Waals surface area contributed by atoms with Gasteiger partial charge in [0.05, 0.1) is 5.56 Å². The van der Waals surface area contributed by atoms with Crippen LogP contribution >= 0.6 is 0 Å². The van der Waals surface area contributed by atoms with Crippen LogP contribution in [0.1, 0.15) is 36.2 Å². The number of hydrogen-bond donors (Lipinski definition) is 1. The van der Waals surface area contributed by atoms with Crippen molar-refractivity contribution in [1.29, 1.82) is 0 Å². The molecule has 1 fully saturated rings. The molecule has 0 atom stereocenters. The highest BCUT2D eigenvalue weighted by Gasteiger charge is 2.34. The van der Waals surface area contributed by atoms with Gasteiger partial charge in [-0.25, -0.2) is 4.39 Å². The summed E-state index contributed by atoms with van der Waals surface area (Å²) in [5.74, 6) is -0.0752. The van der Waals surface area contributed by atoms with E-state index >= 15 is 0 Å². The molecule has 0 spiro atoms. The molecule has 0 radical (unpaired) electrons. The molecule has 28 heavy (non-hydrogen) atoms. The zero-order chi connectivity index (χ0) is 19.9. The van der Waals surface area contributed by atoms with Crippen molar-refractivity contribution in [2.45, 2.75) is 32.3 Å². The first-order valence-corrected chi connectivity index (χ1v) is 9.68. The van der Waals surface area contributed by atoms with Gasteiger partial charge in [0.25, 0.3) is 5.91 Å². The first-order chi connectivity index (χ1) is 13.3. The van der Waals surface area contributed by atoms with Gasteiger partial charge in [-0.3, -0.25) is 4.79 Å². The smallest absolute Gasteiger partial charge is 0.257 e. The highest BCUT2D eigenvalue weighted by molar-refractivity contribution is 5.98. The molecule has 0 unspecified atom stereocenters. The molecule has 0 saturated carbocycles. The summed E-state index contributed by atoms with van der Waals surface area (Å²) in [5.41, 5.74) is 1.79. The molecule has 6 heteroatoms. The van der Waals surface area contributed by atoms with Gasteiger partial charge in [0.15, 0.2) is 11.5 Å². The van der Waals surface area contributed by atoms with Crippen LogP contribution in [0.3, 0.4) is 0 Å². The number of carbonyl (C=O) groups excluding carboxylic acids is 1. The molecule has 2 heterocycles. The molecule has 148 valence electrons. The molecule has 5 nitrogen and oxygen atoms in total. The number of aromatic hydroxyl groups is 1. The minimum absolute atomic E-state index is 0.0623. The Kier molecular flexibility index (Phi) is 4.65. The number of nitrogens with zero attached hydrogens (tertiary/aromatic N) is 2. The minimum Gasteiger partial charge on any atom is -0.504 e. The van der Waals surface area contributed by atoms with E-state index < -0.39 is 0 Å². The number of carbonyl (C=O) groups is 1. The van der Waals surface area contributed by atoms with Crippen molar-refractivity contribution in [1.82, 2.24) is 4.90 Å². The lowest BCUT2D eigenvalue weighted by molar-refractivity contribution is 0.0761. The molecule has 4 rings (SSSR count).